The van der Waals surface area contributed by atoms with E-state index in [0.717, 1.165) is 6.42 Å². The topological polar surface area (TPSA) is 0 Å². The van der Waals surface area contributed by atoms with E-state index in [2.05, 4.69) is 51.1 Å². The predicted octanol–water partition coefficient (Wildman–Crippen LogP) is 4.63. The molecule has 0 nitrogen and oxygen atoms in total. The third-order valence-electron chi connectivity index (χ3n) is 3.07. The minimum atomic E-state index is 0.427. The van der Waals surface area contributed by atoms with Crippen molar-refractivity contribution in [3.05, 3.63) is 49.7 Å². The number of unbranched alkanes of at least 4 members (excludes halogenated alkanes) is 2. The Bertz CT molecular complexity index is 250. The van der Waals surface area contributed by atoms with Crippen LogP contribution in [0.5, 0.6) is 0 Å². The average molecular weight is 202 g/mol. The van der Waals surface area contributed by atoms with E-state index in [9.17, 15) is 0 Å². The van der Waals surface area contributed by atoms with E-state index in [1.165, 1.54) is 24.8 Å². The average Bonchev–Trinajstić information content (AvgIpc) is 2.29. The third-order valence-corrected chi connectivity index (χ3v) is 3.07. The van der Waals surface area contributed by atoms with Gasteiger partial charge in [-0.1, -0.05) is 69.9 Å². The second-order valence-corrected chi connectivity index (χ2v) is 4.34. The van der Waals surface area contributed by atoms with E-state index < -0.39 is 0 Å². The Morgan fingerprint density at radius 3 is 2.40 bits per heavy atom. The molecule has 2 unspecified atom stereocenters. The van der Waals surface area contributed by atoms with Crippen LogP contribution in [0, 0.1) is 19.8 Å². The molecule has 1 aromatic carbocycles. The Kier molecular flexibility index (Phi) is 5.45. The summed E-state index contributed by atoms with van der Waals surface area (Å²) in [5, 5.41) is 0. The molecule has 15 heavy (non-hydrogen) atoms. The largest absolute Gasteiger partial charge is 0.0622 e. The first-order valence-electron chi connectivity index (χ1n) is 5.93. The lowest BCUT2D eigenvalue weighted by atomic mass is 9.85. The zero-order chi connectivity index (χ0) is 11.1. The van der Waals surface area contributed by atoms with Crippen LogP contribution in [0.3, 0.4) is 0 Å². The highest BCUT2D eigenvalue weighted by atomic mass is 14.2. The molecule has 0 spiro atoms. The number of hydrogen-bond acceptors (Lipinski definition) is 0. The Morgan fingerprint density at radius 1 is 1.13 bits per heavy atom. The van der Waals surface area contributed by atoms with Crippen LogP contribution in [0.25, 0.3) is 0 Å². The summed E-state index contributed by atoms with van der Waals surface area (Å²) in [6, 6.07) is 10.6. The van der Waals surface area contributed by atoms with E-state index >= 15 is 0 Å². The monoisotopic (exact) mass is 202 g/mol. The van der Waals surface area contributed by atoms with E-state index in [1.54, 1.807) is 0 Å². The van der Waals surface area contributed by atoms with E-state index in [-0.39, 0.29) is 0 Å². The molecule has 1 rings (SSSR count). The van der Waals surface area contributed by atoms with Crippen LogP contribution in [-0.2, 0) is 0 Å². The molecule has 0 N–H and O–H groups in total. The minimum Gasteiger partial charge on any atom is -0.0622 e. The maximum absolute atomic E-state index is 4.27. The van der Waals surface area contributed by atoms with Crippen LogP contribution in [0.1, 0.15) is 44.1 Å². The van der Waals surface area contributed by atoms with Gasteiger partial charge in [0.05, 0.1) is 0 Å². The van der Waals surface area contributed by atoms with Gasteiger partial charge in [0, 0.05) is 0 Å². The Balaban J connectivity index is 2.42. The van der Waals surface area contributed by atoms with Crippen molar-refractivity contribution in [2.75, 3.05) is 0 Å². The summed E-state index contributed by atoms with van der Waals surface area (Å²) in [4.78, 5) is 0. The molecule has 0 fully saturated rings. The van der Waals surface area contributed by atoms with Crippen molar-refractivity contribution in [1.82, 2.24) is 0 Å². The van der Waals surface area contributed by atoms with Crippen LogP contribution in [0.15, 0.2) is 30.3 Å². The standard InChI is InChI=1S/C15H22/c1-4-5-7-10-13(2)14(3)15-11-8-6-9-12-15/h6,8-9,11-14H,1,3-5,7,10H2,2H3. The summed E-state index contributed by atoms with van der Waals surface area (Å²) in [5.74, 6) is 1.09. The summed E-state index contributed by atoms with van der Waals surface area (Å²) < 4.78 is 0. The summed E-state index contributed by atoms with van der Waals surface area (Å²) in [6.07, 6.45) is 4.84. The second kappa shape index (κ2) is 6.66. The summed E-state index contributed by atoms with van der Waals surface area (Å²) >= 11 is 0. The molecule has 0 aliphatic carbocycles. The van der Waals surface area contributed by atoms with Crippen LogP contribution in [0.4, 0.5) is 0 Å². The van der Waals surface area contributed by atoms with E-state index in [4.69, 9.17) is 0 Å². The molecule has 0 heteroatoms. The lowest BCUT2D eigenvalue weighted by molar-refractivity contribution is 0.457. The first-order valence-corrected chi connectivity index (χ1v) is 5.93. The van der Waals surface area contributed by atoms with Crippen LogP contribution >= 0.6 is 0 Å². The highest BCUT2D eigenvalue weighted by Gasteiger charge is 2.13. The van der Waals surface area contributed by atoms with Gasteiger partial charge in [0.15, 0.2) is 0 Å². The Hall–Kier alpha value is -0.780. The highest BCUT2D eigenvalue weighted by Crippen LogP contribution is 2.27. The zero-order valence-electron chi connectivity index (χ0n) is 9.78. The maximum atomic E-state index is 4.27. The molecule has 0 saturated heterocycles. The predicted molar refractivity (Wildman–Crippen MR) is 67.5 cm³/mol. The van der Waals surface area contributed by atoms with Gasteiger partial charge in [-0.05, 0) is 24.3 Å². The molecule has 0 bridgehead atoms. The smallest absolute Gasteiger partial charge is 0.0136 e. The van der Waals surface area contributed by atoms with Crippen LogP contribution in [-0.4, -0.2) is 0 Å². The first kappa shape index (κ1) is 12.3. The molecular weight excluding hydrogens is 180 g/mol. The quantitative estimate of drug-likeness (QED) is 0.590. The molecule has 0 aliphatic rings. The molecule has 0 heterocycles. The summed E-state index contributed by atoms with van der Waals surface area (Å²) in [6.45, 7) is 10.4. The molecule has 2 atom stereocenters. The molecule has 82 valence electrons. The SMILES string of the molecule is [CH2]CCCCC(C)C([CH2])c1ccccc1. The van der Waals surface area contributed by atoms with Crippen molar-refractivity contribution in [2.45, 2.75) is 38.5 Å². The van der Waals surface area contributed by atoms with Gasteiger partial charge in [0.1, 0.15) is 0 Å². The van der Waals surface area contributed by atoms with Gasteiger partial charge >= 0.3 is 0 Å². The zero-order valence-corrected chi connectivity index (χ0v) is 9.78. The number of rotatable bonds is 6. The summed E-state index contributed by atoms with van der Waals surface area (Å²) in [5.41, 5.74) is 1.36. The van der Waals surface area contributed by atoms with Gasteiger partial charge < -0.3 is 0 Å². The molecule has 0 amide bonds. The molecule has 0 aromatic heterocycles. The van der Waals surface area contributed by atoms with Crippen molar-refractivity contribution in [1.29, 1.82) is 0 Å². The van der Waals surface area contributed by atoms with Gasteiger partial charge in [-0.15, -0.1) is 0 Å². The Labute approximate surface area is 94.7 Å². The Morgan fingerprint density at radius 2 is 1.80 bits per heavy atom. The van der Waals surface area contributed by atoms with Crippen molar-refractivity contribution in [3.8, 4) is 0 Å². The summed E-state index contributed by atoms with van der Waals surface area (Å²) in [7, 11) is 0. The normalized spacial score (nSPS) is 14.9. The fourth-order valence-electron chi connectivity index (χ4n) is 1.87. The minimum absolute atomic E-state index is 0.427. The van der Waals surface area contributed by atoms with Gasteiger partial charge in [-0.2, -0.15) is 0 Å². The maximum Gasteiger partial charge on any atom is -0.0136 e. The molecule has 0 saturated carbocycles. The van der Waals surface area contributed by atoms with E-state index in [1.807, 2.05) is 0 Å². The van der Waals surface area contributed by atoms with Crippen LogP contribution in [0.2, 0.25) is 0 Å². The van der Waals surface area contributed by atoms with Crippen LogP contribution < -0.4 is 0 Å². The van der Waals surface area contributed by atoms with Gasteiger partial charge in [-0.25, -0.2) is 0 Å². The first-order chi connectivity index (χ1) is 7.25. The van der Waals surface area contributed by atoms with Crippen molar-refractivity contribution in [2.24, 2.45) is 5.92 Å². The third kappa shape index (κ3) is 4.07. The fraction of sp³-hybridized carbons (Fsp3) is 0.467. The van der Waals surface area contributed by atoms with Gasteiger partial charge in [-0.3, -0.25) is 0 Å². The van der Waals surface area contributed by atoms with Gasteiger partial charge in [0.2, 0.25) is 0 Å². The van der Waals surface area contributed by atoms with Crippen molar-refractivity contribution in [3.63, 3.8) is 0 Å². The molecule has 0 aliphatic heterocycles. The molecule has 2 radical (unpaired) electrons. The van der Waals surface area contributed by atoms with Gasteiger partial charge in [0.25, 0.3) is 0 Å². The number of benzene rings is 1. The molecular formula is C15H22. The van der Waals surface area contributed by atoms with Crippen molar-refractivity contribution < 1.29 is 0 Å². The molecule has 1 aromatic rings. The number of hydrogen-bond donors (Lipinski definition) is 0. The fourth-order valence-corrected chi connectivity index (χ4v) is 1.87. The van der Waals surface area contributed by atoms with E-state index in [0.29, 0.717) is 11.8 Å². The van der Waals surface area contributed by atoms with Crippen molar-refractivity contribution >= 4 is 0 Å². The second-order valence-electron chi connectivity index (χ2n) is 4.34. The lowest BCUT2D eigenvalue weighted by Crippen LogP contribution is -2.06. The highest BCUT2D eigenvalue weighted by molar-refractivity contribution is 5.20. The lowest BCUT2D eigenvalue weighted by Gasteiger charge is -2.20.